The molecule has 2 aliphatic rings. The molecule has 1 aromatic rings. The number of aryl methyl sites for hydroxylation is 2. The van der Waals surface area contributed by atoms with Crippen LogP contribution in [0.3, 0.4) is 0 Å². The van der Waals surface area contributed by atoms with Gasteiger partial charge in [-0.15, -0.1) is 0 Å². The number of hydrogen-bond acceptors (Lipinski definition) is 4. The molecule has 2 saturated heterocycles. The van der Waals surface area contributed by atoms with Crippen LogP contribution in [0.1, 0.15) is 44.0 Å². The van der Waals surface area contributed by atoms with Crippen LogP contribution >= 0.6 is 0 Å². The number of rotatable bonds is 6. The van der Waals surface area contributed by atoms with Crippen molar-refractivity contribution in [2.45, 2.75) is 71.2 Å². The maximum atomic E-state index is 12.5. The minimum atomic E-state index is -0.101. The number of amides is 1. The molecule has 134 valence electrons. The quantitative estimate of drug-likeness (QED) is 0.859. The number of ether oxygens (including phenoxy) is 1. The molecule has 0 saturated carbocycles. The average molecular weight is 334 g/mol. The van der Waals surface area contributed by atoms with Gasteiger partial charge in [0.1, 0.15) is 0 Å². The molecule has 0 aliphatic carbocycles. The van der Waals surface area contributed by atoms with Crippen molar-refractivity contribution < 1.29 is 9.53 Å². The Labute approximate surface area is 144 Å². The Balaban J connectivity index is 1.55. The van der Waals surface area contributed by atoms with Crippen LogP contribution in [0.4, 0.5) is 0 Å². The number of nitrogens with zero attached hydrogens (tertiary/aromatic N) is 3. The third kappa shape index (κ3) is 3.98. The molecule has 2 aliphatic heterocycles. The first-order valence-corrected chi connectivity index (χ1v) is 9.20. The average Bonchev–Trinajstić information content (AvgIpc) is 3.27. The lowest BCUT2D eigenvalue weighted by molar-refractivity contribution is -0.126. The molecule has 1 N–H and O–H groups in total. The first kappa shape index (κ1) is 17.4. The third-order valence-corrected chi connectivity index (χ3v) is 5.31. The van der Waals surface area contributed by atoms with Gasteiger partial charge in [-0.1, -0.05) is 0 Å². The standard InChI is InChI=1S/C18H30N4O2/c1-13-10-14(2)22(20-13)12-16-6-4-8-21(16)15(3)18(23)19-11-17-7-5-9-24-17/h10,15-17H,4-9,11-12H2,1-3H3,(H,19,23)/t15-,16-,17+/m0/s1. The molecule has 6 nitrogen and oxygen atoms in total. The van der Waals surface area contributed by atoms with Gasteiger partial charge in [-0.3, -0.25) is 14.4 Å². The number of aromatic nitrogens is 2. The van der Waals surface area contributed by atoms with Crippen molar-refractivity contribution in [3.8, 4) is 0 Å². The Hall–Kier alpha value is -1.40. The van der Waals surface area contributed by atoms with E-state index in [2.05, 4.69) is 33.0 Å². The van der Waals surface area contributed by atoms with Crippen molar-refractivity contribution in [2.75, 3.05) is 19.7 Å². The van der Waals surface area contributed by atoms with E-state index in [4.69, 9.17) is 4.74 Å². The number of hydrogen-bond donors (Lipinski definition) is 1. The summed E-state index contributed by atoms with van der Waals surface area (Å²) in [4.78, 5) is 14.9. The zero-order valence-corrected chi connectivity index (χ0v) is 15.1. The molecule has 3 heterocycles. The highest BCUT2D eigenvalue weighted by Crippen LogP contribution is 2.22. The molecule has 3 rings (SSSR count). The fraction of sp³-hybridized carbons (Fsp3) is 0.778. The summed E-state index contributed by atoms with van der Waals surface area (Å²) in [6, 6.07) is 2.39. The SMILES string of the molecule is Cc1cc(C)n(C[C@@H]2CCCN2[C@@H](C)C(=O)NC[C@H]2CCCO2)n1. The first-order valence-electron chi connectivity index (χ1n) is 9.20. The number of carbonyl (C=O) groups excluding carboxylic acids is 1. The van der Waals surface area contributed by atoms with E-state index in [1.54, 1.807) is 0 Å². The lowest BCUT2D eigenvalue weighted by Crippen LogP contribution is -2.49. The van der Waals surface area contributed by atoms with Gasteiger partial charge in [0, 0.05) is 24.9 Å². The second-order valence-electron chi connectivity index (χ2n) is 7.20. The van der Waals surface area contributed by atoms with Crippen molar-refractivity contribution in [3.05, 3.63) is 17.5 Å². The zero-order valence-electron chi connectivity index (χ0n) is 15.1. The number of likely N-dealkylation sites (tertiary alicyclic amines) is 1. The van der Waals surface area contributed by atoms with E-state index in [-0.39, 0.29) is 18.1 Å². The van der Waals surface area contributed by atoms with Gasteiger partial charge in [-0.25, -0.2) is 0 Å². The van der Waals surface area contributed by atoms with Crippen molar-refractivity contribution >= 4 is 5.91 Å². The molecule has 0 bridgehead atoms. The molecule has 24 heavy (non-hydrogen) atoms. The van der Waals surface area contributed by atoms with Gasteiger partial charge in [0.25, 0.3) is 0 Å². The van der Waals surface area contributed by atoms with E-state index in [1.807, 2.05) is 13.8 Å². The molecule has 0 aromatic carbocycles. The summed E-state index contributed by atoms with van der Waals surface area (Å²) >= 11 is 0. The highest BCUT2D eigenvalue weighted by Gasteiger charge is 2.32. The number of carbonyl (C=O) groups is 1. The van der Waals surface area contributed by atoms with Gasteiger partial charge in [-0.05, 0) is 59.1 Å². The van der Waals surface area contributed by atoms with Crippen LogP contribution in [0, 0.1) is 13.8 Å². The van der Waals surface area contributed by atoms with E-state index in [0.29, 0.717) is 12.6 Å². The van der Waals surface area contributed by atoms with Crippen LogP contribution in [0.25, 0.3) is 0 Å². The Kier molecular flexibility index (Phi) is 5.56. The topological polar surface area (TPSA) is 59.4 Å². The minimum absolute atomic E-state index is 0.101. The van der Waals surface area contributed by atoms with Crippen molar-refractivity contribution in [2.24, 2.45) is 0 Å². The number of nitrogens with one attached hydrogen (secondary N) is 1. The van der Waals surface area contributed by atoms with Gasteiger partial charge < -0.3 is 10.1 Å². The highest BCUT2D eigenvalue weighted by molar-refractivity contribution is 5.81. The molecule has 0 unspecified atom stereocenters. The zero-order chi connectivity index (χ0) is 17.1. The van der Waals surface area contributed by atoms with Crippen molar-refractivity contribution in [3.63, 3.8) is 0 Å². The molecule has 3 atom stereocenters. The lowest BCUT2D eigenvalue weighted by atomic mass is 10.1. The molecule has 0 spiro atoms. The van der Waals surface area contributed by atoms with Gasteiger partial charge in [-0.2, -0.15) is 5.10 Å². The molecule has 0 radical (unpaired) electrons. The second-order valence-corrected chi connectivity index (χ2v) is 7.20. The summed E-state index contributed by atoms with van der Waals surface area (Å²) < 4.78 is 7.66. The van der Waals surface area contributed by atoms with Crippen molar-refractivity contribution in [1.82, 2.24) is 20.0 Å². The molecule has 6 heteroatoms. The van der Waals surface area contributed by atoms with Gasteiger partial charge in [0.2, 0.25) is 5.91 Å². The minimum Gasteiger partial charge on any atom is -0.376 e. The molecular formula is C18H30N4O2. The smallest absolute Gasteiger partial charge is 0.237 e. The van der Waals surface area contributed by atoms with E-state index < -0.39 is 0 Å². The van der Waals surface area contributed by atoms with Crippen LogP contribution in [-0.4, -0.2) is 58.5 Å². The van der Waals surface area contributed by atoms with E-state index >= 15 is 0 Å². The Bertz CT molecular complexity index is 565. The fourth-order valence-electron chi connectivity index (χ4n) is 3.94. The largest absolute Gasteiger partial charge is 0.376 e. The Morgan fingerprint density at radius 1 is 1.42 bits per heavy atom. The summed E-state index contributed by atoms with van der Waals surface area (Å²) in [7, 11) is 0. The monoisotopic (exact) mass is 334 g/mol. The summed E-state index contributed by atoms with van der Waals surface area (Å²) in [5.74, 6) is 0.116. The predicted octanol–water partition coefficient (Wildman–Crippen LogP) is 1.65. The highest BCUT2D eigenvalue weighted by atomic mass is 16.5. The van der Waals surface area contributed by atoms with Crippen LogP contribution in [-0.2, 0) is 16.1 Å². The van der Waals surface area contributed by atoms with E-state index in [9.17, 15) is 4.79 Å². The fourth-order valence-corrected chi connectivity index (χ4v) is 3.94. The van der Waals surface area contributed by atoms with Gasteiger partial charge in [0.15, 0.2) is 0 Å². The first-order chi connectivity index (χ1) is 11.5. The second kappa shape index (κ2) is 7.66. The summed E-state index contributed by atoms with van der Waals surface area (Å²) in [6.45, 7) is 9.45. The van der Waals surface area contributed by atoms with E-state index in [1.165, 1.54) is 5.69 Å². The Morgan fingerprint density at radius 2 is 2.25 bits per heavy atom. The van der Waals surface area contributed by atoms with E-state index in [0.717, 1.165) is 51.1 Å². The third-order valence-electron chi connectivity index (χ3n) is 5.31. The van der Waals surface area contributed by atoms with Crippen LogP contribution in [0.2, 0.25) is 0 Å². The molecular weight excluding hydrogens is 304 g/mol. The summed E-state index contributed by atoms with van der Waals surface area (Å²) in [5, 5.41) is 7.65. The van der Waals surface area contributed by atoms with Crippen LogP contribution in [0.15, 0.2) is 6.07 Å². The summed E-state index contributed by atoms with van der Waals surface area (Å²) in [5.41, 5.74) is 2.24. The molecule has 1 amide bonds. The lowest BCUT2D eigenvalue weighted by Gasteiger charge is -2.30. The maximum Gasteiger partial charge on any atom is 0.237 e. The maximum absolute atomic E-state index is 12.5. The molecule has 2 fully saturated rings. The predicted molar refractivity (Wildman–Crippen MR) is 92.9 cm³/mol. The normalized spacial score (nSPS) is 26.0. The molecule has 1 aromatic heterocycles. The van der Waals surface area contributed by atoms with Crippen molar-refractivity contribution in [1.29, 1.82) is 0 Å². The Morgan fingerprint density at radius 3 is 2.92 bits per heavy atom. The van der Waals surface area contributed by atoms with Gasteiger partial charge in [0.05, 0.1) is 24.4 Å². The van der Waals surface area contributed by atoms with Crippen LogP contribution < -0.4 is 5.32 Å². The summed E-state index contributed by atoms with van der Waals surface area (Å²) in [6.07, 6.45) is 4.63. The van der Waals surface area contributed by atoms with Crippen LogP contribution in [0.5, 0.6) is 0 Å². The van der Waals surface area contributed by atoms with Gasteiger partial charge >= 0.3 is 0 Å².